The molecule has 1 fully saturated rings. The number of benzene rings is 2. The van der Waals surface area contributed by atoms with Crippen LogP contribution in [0.1, 0.15) is 18.4 Å². The van der Waals surface area contributed by atoms with Crippen molar-refractivity contribution in [1.82, 2.24) is 4.31 Å². The number of halogens is 4. The Morgan fingerprint density at radius 3 is 2.43 bits per heavy atom. The minimum Gasteiger partial charge on any atom is -0.444 e. The molecular formula is C19H16Br2F2N2O4S. The molecule has 2 heterocycles. The third kappa shape index (κ3) is 3.88. The number of carbonyl (C=O) groups is 1. The first-order valence-corrected chi connectivity index (χ1v) is 12.1. The summed E-state index contributed by atoms with van der Waals surface area (Å²) >= 11 is 6.35. The van der Waals surface area contributed by atoms with E-state index in [1.54, 1.807) is 4.90 Å². The minimum atomic E-state index is -4.17. The van der Waals surface area contributed by atoms with Crippen molar-refractivity contribution in [3.05, 3.63) is 56.5 Å². The van der Waals surface area contributed by atoms with Gasteiger partial charge in [0.15, 0.2) is 0 Å². The third-order valence-corrected chi connectivity index (χ3v) is 8.56. The maximum Gasteiger partial charge on any atom is 0.414 e. The predicted molar refractivity (Wildman–Crippen MR) is 113 cm³/mol. The van der Waals surface area contributed by atoms with Gasteiger partial charge in [-0.25, -0.2) is 22.0 Å². The van der Waals surface area contributed by atoms with Crippen molar-refractivity contribution < 1.29 is 26.7 Å². The van der Waals surface area contributed by atoms with Crippen molar-refractivity contribution in [2.75, 3.05) is 18.0 Å². The zero-order valence-corrected chi connectivity index (χ0v) is 19.4. The van der Waals surface area contributed by atoms with E-state index in [2.05, 4.69) is 31.9 Å². The number of nitrogens with zero attached hydrogens (tertiary/aromatic N) is 2. The molecule has 1 amide bonds. The molecule has 0 N–H and O–H groups in total. The van der Waals surface area contributed by atoms with E-state index < -0.39 is 32.6 Å². The second-order valence-corrected chi connectivity index (χ2v) is 10.7. The van der Waals surface area contributed by atoms with E-state index in [0.717, 1.165) is 26.1 Å². The summed E-state index contributed by atoms with van der Waals surface area (Å²) in [6.45, 7) is 0.354. The smallest absolute Gasteiger partial charge is 0.414 e. The lowest BCUT2D eigenvalue weighted by atomic mass is 10.0. The van der Waals surface area contributed by atoms with Crippen LogP contribution in [0.4, 0.5) is 19.3 Å². The molecular weight excluding hydrogens is 550 g/mol. The summed E-state index contributed by atoms with van der Waals surface area (Å²) in [5, 5.41) is 0. The van der Waals surface area contributed by atoms with Gasteiger partial charge in [-0.1, -0.05) is 15.9 Å². The van der Waals surface area contributed by atoms with Gasteiger partial charge in [0, 0.05) is 39.7 Å². The molecule has 30 heavy (non-hydrogen) atoms. The maximum atomic E-state index is 14.2. The zero-order chi connectivity index (χ0) is 21.6. The van der Waals surface area contributed by atoms with Gasteiger partial charge < -0.3 is 4.74 Å². The van der Waals surface area contributed by atoms with Crippen molar-refractivity contribution in [2.24, 2.45) is 0 Å². The van der Waals surface area contributed by atoms with Gasteiger partial charge in [-0.05, 0) is 53.0 Å². The molecule has 0 atom stereocenters. The number of sulfonamides is 1. The van der Waals surface area contributed by atoms with Crippen LogP contribution in [0, 0.1) is 11.6 Å². The fraction of sp³-hybridized carbons (Fsp3) is 0.316. The lowest BCUT2D eigenvalue weighted by Crippen LogP contribution is -2.50. The highest BCUT2D eigenvalue weighted by atomic mass is 79.9. The van der Waals surface area contributed by atoms with E-state index in [-0.39, 0.29) is 30.2 Å². The molecule has 2 aliphatic rings. The molecule has 0 aromatic heterocycles. The Labute approximate surface area is 189 Å². The molecule has 0 saturated carbocycles. The molecule has 2 aromatic carbocycles. The van der Waals surface area contributed by atoms with Gasteiger partial charge in [-0.3, -0.25) is 4.90 Å². The number of hydrogen-bond donors (Lipinski definition) is 0. The van der Waals surface area contributed by atoms with Gasteiger partial charge in [-0.15, -0.1) is 0 Å². The number of piperidine rings is 1. The molecule has 0 bridgehead atoms. The average Bonchev–Trinajstić information content (AvgIpc) is 2.67. The van der Waals surface area contributed by atoms with Crippen LogP contribution in [-0.2, 0) is 21.4 Å². The number of rotatable bonds is 3. The Balaban J connectivity index is 1.56. The summed E-state index contributed by atoms with van der Waals surface area (Å²) in [7, 11) is -4.17. The summed E-state index contributed by atoms with van der Waals surface area (Å²) in [6.07, 6.45) is 0.229. The van der Waals surface area contributed by atoms with Crippen molar-refractivity contribution in [2.45, 2.75) is 30.4 Å². The SMILES string of the molecule is O=C1OCc2cc(Br)ccc2N1C1CCN(S(=O)(=O)c2c(F)cc(F)cc2Br)CC1. The summed E-state index contributed by atoms with van der Waals surface area (Å²) in [5.41, 5.74) is 1.60. The Morgan fingerprint density at radius 2 is 1.77 bits per heavy atom. The second kappa shape index (κ2) is 8.18. The quantitative estimate of drug-likeness (QED) is 0.536. The van der Waals surface area contributed by atoms with Crippen LogP contribution >= 0.6 is 31.9 Å². The molecule has 0 aliphatic carbocycles. The Kier molecular flexibility index (Phi) is 5.90. The second-order valence-electron chi connectivity index (χ2n) is 7.03. The molecule has 1 saturated heterocycles. The van der Waals surface area contributed by atoms with Crippen molar-refractivity contribution in [3.63, 3.8) is 0 Å². The normalized spacial score (nSPS) is 18.3. The highest BCUT2D eigenvalue weighted by molar-refractivity contribution is 9.10. The monoisotopic (exact) mass is 564 g/mol. The van der Waals surface area contributed by atoms with Gasteiger partial charge in [-0.2, -0.15) is 4.31 Å². The number of cyclic esters (lactones) is 1. The zero-order valence-electron chi connectivity index (χ0n) is 15.4. The van der Waals surface area contributed by atoms with Gasteiger partial charge in [0.25, 0.3) is 0 Å². The molecule has 6 nitrogen and oxygen atoms in total. The van der Waals surface area contributed by atoms with Crippen LogP contribution in [0.15, 0.2) is 44.2 Å². The van der Waals surface area contributed by atoms with Crippen LogP contribution < -0.4 is 4.90 Å². The number of hydrogen-bond acceptors (Lipinski definition) is 4. The maximum absolute atomic E-state index is 14.2. The third-order valence-electron chi connectivity index (χ3n) is 5.20. The summed E-state index contributed by atoms with van der Waals surface area (Å²) in [5.74, 6) is -2.02. The molecule has 2 aromatic rings. The van der Waals surface area contributed by atoms with Gasteiger partial charge in [0.1, 0.15) is 23.1 Å². The standard InChI is InChI=1S/C19H16Br2F2N2O4S/c20-12-1-2-17-11(7-12)10-29-19(26)25(17)14-3-5-24(6-4-14)30(27,28)18-15(21)8-13(22)9-16(18)23/h1-2,7-9,14H,3-6,10H2. The first-order valence-electron chi connectivity index (χ1n) is 9.07. The molecule has 2 aliphatic heterocycles. The lowest BCUT2D eigenvalue weighted by Gasteiger charge is -2.39. The van der Waals surface area contributed by atoms with Crippen LogP contribution in [0.2, 0.25) is 0 Å². The van der Waals surface area contributed by atoms with Crippen LogP contribution in [0.5, 0.6) is 0 Å². The average molecular weight is 566 g/mol. The van der Waals surface area contributed by atoms with E-state index in [0.29, 0.717) is 18.9 Å². The Hall–Kier alpha value is -1.56. The van der Waals surface area contributed by atoms with Crippen molar-refractivity contribution in [3.8, 4) is 0 Å². The van der Waals surface area contributed by atoms with Gasteiger partial charge >= 0.3 is 6.09 Å². The number of ether oxygens (including phenoxy) is 1. The molecule has 0 spiro atoms. The summed E-state index contributed by atoms with van der Waals surface area (Å²) in [4.78, 5) is 13.4. The van der Waals surface area contributed by atoms with E-state index in [9.17, 15) is 22.0 Å². The van der Waals surface area contributed by atoms with Crippen LogP contribution in [0.25, 0.3) is 0 Å². The molecule has 0 unspecified atom stereocenters. The first kappa shape index (κ1) is 21.7. The fourth-order valence-corrected chi connectivity index (χ4v) is 6.79. The fourth-order valence-electron chi connectivity index (χ4n) is 3.80. The van der Waals surface area contributed by atoms with E-state index in [1.807, 2.05) is 18.2 Å². The molecule has 0 radical (unpaired) electrons. The topological polar surface area (TPSA) is 66.9 Å². The van der Waals surface area contributed by atoms with E-state index in [1.165, 1.54) is 0 Å². The number of amides is 1. The predicted octanol–water partition coefficient (Wildman–Crippen LogP) is 4.80. The minimum absolute atomic E-state index is 0.0892. The largest absolute Gasteiger partial charge is 0.444 e. The van der Waals surface area contributed by atoms with Gasteiger partial charge in [0.2, 0.25) is 10.0 Å². The first-order chi connectivity index (χ1) is 14.2. The van der Waals surface area contributed by atoms with Crippen molar-refractivity contribution >= 4 is 53.7 Å². The Morgan fingerprint density at radius 1 is 1.07 bits per heavy atom. The summed E-state index contributed by atoms with van der Waals surface area (Å²) < 4.78 is 60.6. The highest BCUT2D eigenvalue weighted by Gasteiger charge is 2.38. The van der Waals surface area contributed by atoms with E-state index in [4.69, 9.17) is 4.74 Å². The van der Waals surface area contributed by atoms with Crippen LogP contribution in [-0.4, -0.2) is 37.9 Å². The number of carbonyl (C=O) groups excluding carboxylic acids is 1. The van der Waals surface area contributed by atoms with Crippen molar-refractivity contribution in [1.29, 1.82) is 0 Å². The highest BCUT2D eigenvalue weighted by Crippen LogP contribution is 2.35. The van der Waals surface area contributed by atoms with Gasteiger partial charge in [0.05, 0.1) is 5.69 Å². The lowest BCUT2D eigenvalue weighted by molar-refractivity contribution is 0.135. The number of fused-ring (bicyclic) bond motifs is 1. The van der Waals surface area contributed by atoms with Crippen LogP contribution in [0.3, 0.4) is 0 Å². The molecule has 4 rings (SSSR count). The van der Waals surface area contributed by atoms with E-state index >= 15 is 0 Å². The molecule has 160 valence electrons. The molecule has 11 heteroatoms. The Bertz CT molecular complexity index is 1100. The summed E-state index contributed by atoms with van der Waals surface area (Å²) in [6, 6.07) is 6.74. The number of anilines is 1.